The SMILES string of the molecule is COc1cccc2cc(CNCc3nc(C)no3)oc12. The lowest BCUT2D eigenvalue weighted by Gasteiger charge is -1.99. The van der Waals surface area contributed by atoms with E-state index in [1.807, 2.05) is 24.3 Å². The summed E-state index contributed by atoms with van der Waals surface area (Å²) in [7, 11) is 1.63. The van der Waals surface area contributed by atoms with Gasteiger partial charge in [0.05, 0.1) is 20.2 Å². The van der Waals surface area contributed by atoms with E-state index in [4.69, 9.17) is 13.7 Å². The molecule has 0 aliphatic carbocycles. The Morgan fingerprint density at radius 3 is 2.95 bits per heavy atom. The van der Waals surface area contributed by atoms with Gasteiger partial charge in [0.25, 0.3) is 0 Å². The van der Waals surface area contributed by atoms with Crippen LogP contribution in [0.4, 0.5) is 0 Å². The summed E-state index contributed by atoms with van der Waals surface area (Å²) in [5, 5.41) is 7.96. The molecule has 0 fully saturated rings. The van der Waals surface area contributed by atoms with Crippen molar-refractivity contribution in [3.05, 3.63) is 41.7 Å². The van der Waals surface area contributed by atoms with Gasteiger partial charge in [0.2, 0.25) is 5.89 Å². The summed E-state index contributed by atoms with van der Waals surface area (Å²) in [5.41, 5.74) is 0.764. The molecule has 6 heteroatoms. The highest BCUT2D eigenvalue weighted by atomic mass is 16.5. The molecule has 20 heavy (non-hydrogen) atoms. The monoisotopic (exact) mass is 273 g/mol. The molecule has 104 valence electrons. The van der Waals surface area contributed by atoms with Crippen molar-refractivity contribution in [3.8, 4) is 5.75 Å². The van der Waals surface area contributed by atoms with Crippen molar-refractivity contribution < 1.29 is 13.7 Å². The molecule has 0 atom stereocenters. The number of nitrogens with zero attached hydrogens (tertiary/aromatic N) is 2. The van der Waals surface area contributed by atoms with Crippen molar-refractivity contribution in [2.45, 2.75) is 20.0 Å². The molecule has 0 aliphatic heterocycles. The van der Waals surface area contributed by atoms with Crippen LogP contribution in [0.15, 0.2) is 33.2 Å². The Balaban J connectivity index is 1.68. The fraction of sp³-hybridized carbons (Fsp3) is 0.286. The Bertz CT molecular complexity index is 717. The lowest BCUT2D eigenvalue weighted by atomic mass is 10.2. The van der Waals surface area contributed by atoms with Gasteiger partial charge < -0.3 is 19.0 Å². The van der Waals surface area contributed by atoms with E-state index in [1.165, 1.54) is 0 Å². The van der Waals surface area contributed by atoms with Gasteiger partial charge in [-0.1, -0.05) is 17.3 Å². The summed E-state index contributed by atoms with van der Waals surface area (Å²) in [6.07, 6.45) is 0. The molecule has 0 aliphatic rings. The number of furan rings is 1. The summed E-state index contributed by atoms with van der Waals surface area (Å²) >= 11 is 0. The molecule has 0 bridgehead atoms. The van der Waals surface area contributed by atoms with Crippen LogP contribution < -0.4 is 10.1 Å². The lowest BCUT2D eigenvalue weighted by Crippen LogP contribution is -2.12. The minimum Gasteiger partial charge on any atom is -0.493 e. The highest BCUT2D eigenvalue weighted by Gasteiger charge is 2.09. The Morgan fingerprint density at radius 2 is 2.20 bits per heavy atom. The first-order valence-electron chi connectivity index (χ1n) is 6.31. The summed E-state index contributed by atoms with van der Waals surface area (Å²) < 4.78 is 16.1. The number of aromatic nitrogens is 2. The van der Waals surface area contributed by atoms with Crippen LogP contribution in [0, 0.1) is 6.92 Å². The van der Waals surface area contributed by atoms with Crippen LogP contribution in [-0.4, -0.2) is 17.3 Å². The molecule has 0 radical (unpaired) electrons. The van der Waals surface area contributed by atoms with E-state index < -0.39 is 0 Å². The van der Waals surface area contributed by atoms with Gasteiger partial charge in [0.15, 0.2) is 17.2 Å². The second kappa shape index (κ2) is 5.34. The molecule has 3 aromatic rings. The average Bonchev–Trinajstić information content (AvgIpc) is 3.04. The summed E-state index contributed by atoms with van der Waals surface area (Å²) in [6.45, 7) is 2.88. The molecule has 0 amide bonds. The molecule has 2 heterocycles. The van der Waals surface area contributed by atoms with Crippen LogP contribution in [0.3, 0.4) is 0 Å². The Morgan fingerprint density at radius 1 is 1.30 bits per heavy atom. The van der Waals surface area contributed by atoms with Gasteiger partial charge in [-0.3, -0.25) is 0 Å². The zero-order chi connectivity index (χ0) is 13.9. The predicted octanol–water partition coefficient (Wildman–Crippen LogP) is 2.42. The van der Waals surface area contributed by atoms with Crippen molar-refractivity contribution >= 4 is 11.0 Å². The lowest BCUT2D eigenvalue weighted by molar-refractivity contribution is 0.360. The Hall–Kier alpha value is -2.34. The standard InChI is InChI=1S/C14H15N3O3/c1-9-16-13(20-17-9)8-15-7-11-6-10-4-3-5-12(18-2)14(10)19-11/h3-6,15H,7-8H2,1-2H3. The van der Waals surface area contributed by atoms with Crippen molar-refractivity contribution in [1.29, 1.82) is 0 Å². The van der Waals surface area contributed by atoms with Gasteiger partial charge in [-0.2, -0.15) is 4.98 Å². The van der Waals surface area contributed by atoms with Gasteiger partial charge in [-0.05, 0) is 19.1 Å². The molecule has 2 aromatic heterocycles. The number of hydrogen-bond donors (Lipinski definition) is 1. The van der Waals surface area contributed by atoms with Gasteiger partial charge >= 0.3 is 0 Å². The Kier molecular flexibility index (Phi) is 3.39. The second-order valence-electron chi connectivity index (χ2n) is 4.43. The molecule has 3 rings (SSSR count). The van der Waals surface area contributed by atoms with E-state index in [0.717, 1.165) is 22.5 Å². The summed E-state index contributed by atoms with van der Waals surface area (Å²) in [4.78, 5) is 4.12. The quantitative estimate of drug-likeness (QED) is 0.769. The summed E-state index contributed by atoms with van der Waals surface area (Å²) in [5.74, 6) is 2.77. The minimum atomic E-state index is 0.509. The number of aryl methyl sites for hydroxylation is 1. The van der Waals surface area contributed by atoms with Gasteiger partial charge in [0, 0.05) is 5.39 Å². The molecular formula is C14H15N3O3. The van der Waals surface area contributed by atoms with Crippen LogP contribution >= 0.6 is 0 Å². The zero-order valence-corrected chi connectivity index (χ0v) is 11.3. The minimum absolute atomic E-state index is 0.509. The van der Waals surface area contributed by atoms with Crippen LogP contribution in [0.1, 0.15) is 17.5 Å². The van der Waals surface area contributed by atoms with E-state index in [0.29, 0.717) is 24.8 Å². The number of rotatable bonds is 5. The smallest absolute Gasteiger partial charge is 0.240 e. The van der Waals surface area contributed by atoms with E-state index in [-0.39, 0.29) is 0 Å². The first kappa shape index (κ1) is 12.7. The van der Waals surface area contributed by atoms with Gasteiger partial charge in [0.1, 0.15) is 5.76 Å². The van der Waals surface area contributed by atoms with Crippen molar-refractivity contribution in [2.75, 3.05) is 7.11 Å². The predicted molar refractivity (Wildman–Crippen MR) is 72.3 cm³/mol. The molecule has 1 aromatic carbocycles. The maximum absolute atomic E-state index is 5.78. The van der Waals surface area contributed by atoms with E-state index >= 15 is 0 Å². The largest absolute Gasteiger partial charge is 0.493 e. The molecule has 0 spiro atoms. The first-order chi connectivity index (χ1) is 9.76. The molecule has 1 N–H and O–H groups in total. The third-order valence-corrected chi connectivity index (χ3v) is 2.92. The number of hydrogen-bond acceptors (Lipinski definition) is 6. The number of benzene rings is 1. The fourth-order valence-corrected chi connectivity index (χ4v) is 2.04. The topological polar surface area (TPSA) is 73.3 Å². The normalized spacial score (nSPS) is 11.1. The van der Waals surface area contributed by atoms with Crippen LogP contribution in [-0.2, 0) is 13.1 Å². The third kappa shape index (κ3) is 2.50. The highest BCUT2D eigenvalue weighted by molar-refractivity contribution is 5.83. The van der Waals surface area contributed by atoms with Gasteiger partial charge in [-0.25, -0.2) is 0 Å². The average molecular weight is 273 g/mol. The van der Waals surface area contributed by atoms with Crippen LogP contribution in [0.5, 0.6) is 5.75 Å². The van der Waals surface area contributed by atoms with E-state index in [1.54, 1.807) is 14.0 Å². The van der Waals surface area contributed by atoms with Gasteiger partial charge in [-0.15, -0.1) is 0 Å². The molecule has 0 saturated heterocycles. The summed E-state index contributed by atoms with van der Waals surface area (Å²) in [6, 6.07) is 7.80. The number of methoxy groups -OCH3 is 1. The molecule has 0 unspecified atom stereocenters. The first-order valence-corrected chi connectivity index (χ1v) is 6.31. The zero-order valence-electron chi connectivity index (χ0n) is 11.3. The fourth-order valence-electron chi connectivity index (χ4n) is 2.04. The maximum Gasteiger partial charge on any atom is 0.240 e. The van der Waals surface area contributed by atoms with Crippen molar-refractivity contribution in [1.82, 2.24) is 15.5 Å². The van der Waals surface area contributed by atoms with E-state index in [9.17, 15) is 0 Å². The molecular weight excluding hydrogens is 258 g/mol. The number of nitrogens with one attached hydrogen (secondary N) is 1. The second-order valence-corrected chi connectivity index (χ2v) is 4.43. The number of fused-ring (bicyclic) bond motifs is 1. The van der Waals surface area contributed by atoms with Crippen molar-refractivity contribution in [3.63, 3.8) is 0 Å². The van der Waals surface area contributed by atoms with Crippen molar-refractivity contribution in [2.24, 2.45) is 0 Å². The number of ether oxygens (including phenoxy) is 1. The highest BCUT2D eigenvalue weighted by Crippen LogP contribution is 2.28. The Labute approximate surface area is 115 Å². The molecule has 6 nitrogen and oxygen atoms in total. The maximum atomic E-state index is 5.78. The van der Waals surface area contributed by atoms with E-state index in [2.05, 4.69) is 15.5 Å². The molecule has 0 saturated carbocycles. The van der Waals surface area contributed by atoms with Crippen LogP contribution in [0.25, 0.3) is 11.0 Å². The number of para-hydroxylation sites is 1. The third-order valence-electron chi connectivity index (χ3n) is 2.92. The van der Waals surface area contributed by atoms with Crippen LogP contribution in [0.2, 0.25) is 0 Å².